The van der Waals surface area contributed by atoms with Crippen molar-refractivity contribution in [2.75, 3.05) is 11.1 Å². The van der Waals surface area contributed by atoms with Gasteiger partial charge in [-0.05, 0) is 65.2 Å². The molecule has 0 heterocycles. The Morgan fingerprint density at radius 3 is 2.37 bits per heavy atom. The summed E-state index contributed by atoms with van der Waals surface area (Å²) in [6.45, 7) is 3.93. The van der Waals surface area contributed by atoms with E-state index in [1.807, 2.05) is 44.2 Å². The van der Waals surface area contributed by atoms with E-state index in [1.54, 1.807) is 6.07 Å². The van der Waals surface area contributed by atoms with E-state index in [4.69, 9.17) is 5.73 Å². The third-order valence-electron chi connectivity index (χ3n) is 2.82. The molecule has 3 N–H and O–H groups in total. The van der Waals surface area contributed by atoms with Gasteiger partial charge in [-0.25, -0.2) is 0 Å². The largest absolute Gasteiger partial charge is 0.397 e. The van der Waals surface area contributed by atoms with Crippen LogP contribution in [0.1, 0.15) is 21.5 Å². The smallest absolute Gasteiger partial charge is 0.256 e. The van der Waals surface area contributed by atoms with Gasteiger partial charge >= 0.3 is 0 Å². The lowest BCUT2D eigenvalue weighted by Gasteiger charge is -2.10. The molecular weight excluding hydrogens is 304 g/mol. The standard InChI is InChI=1S/C15H15BrN2O/c1-9-3-5-11(12(16)7-9)15(19)18-14-6-4-10(2)8-13(14)17/h3-8H,17H2,1-2H3,(H,18,19). The van der Waals surface area contributed by atoms with Gasteiger partial charge in [-0.15, -0.1) is 0 Å². The lowest BCUT2D eigenvalue weighted by molar-refractivity contribution is 0.102. The van der Waals surface area contributed by atoms with Crippen LogP contribution in [0.15, 0.2) is 40.9 Å². The first-order valence-electron chi connectivity index (χ1n) is 5.91. The molecule has 19 heavy (non-hydrogen) atoms. The number of aryl methyl sites for hydroxylation is 2. The molecule has 2 rings (SSSR count). The van der Waals surface area contributed by atoms with Gasteiger partial charge in [0.15, 0.2) is 0 Å². The molecule has 0 aliphatic carbocycles. The minimum Gasteiger partial charge on any atom is -0.397 e. The maximum absolute atomic E-state index is 12.2. The van der Waals surface area contributed by atoms with Crippen molar-refractivity contribution in [3.05, 3.63) is 57.6 Å². The van der Waals surface area contributed by atoms with E-state index >= 15 is 0 Å². The van der Waals surface area contributed by atoms with Crippen molar-refractivity contribution < 1.29 is 4.79 Å². The Bertz CT molecular complexity index is 638. The van der Waals surface area contributed by atoms with Crippen LogP contribution in [0.2, 0.25) is 0 Å². The highest BCUT2D eigenvalue weighted by Gasteiger charge is 2.11. The average Bonchev–Trinajstić information content (AvgIpc) is 2.32. The molecule has 3 nitrogen and oxygen atoms in total. The summed E-state index contributed by atoms with van der Waals surface area (Å²) in [5, 5.41) is 2.82. The van der Waals surface area contributed by atoms with Crippen molar-refractivity contribution >= 4 is 33.2 Å². The van der Waals surface area contributed by atoms with Gasteiger partial charge in [-0.2, -0.15) is 0 Å². The molecular formula is C15H15BrN2O. The number of nitrogens with one attached hydrogen (secondary N) is 1. The molecule has 0 saturated heterocycles. The number of anilines is 2. The van der Waals surface area contributed by atoms with Crippen molar-refractivity contribution in [2.45, 2.75) is 13.8 Å². The summed E-state index contributed by atoms with van der Waals surface area (Å²) < 4.78 is 0.774. The van der Waals surface area contributed by atoms with E-state index in [2.05, 4.69) is 21.2 Å². The van der Waals surface area contributed by atoms with E-state index in [1.165, 1.54) is 0 Å². The summed E-state index contributed by atoms with van der Waals surface area (Å²) in [4.78, 5) is 12.2. The van der Waals surface area contributed by atoms with Crippen molar-refractivity contribution in [2.24, 2.45) is 0 Å². The molecule has 2 aromatic rings. The van der Waals surface area contributed by atoms with Gasteiger partial charge < -0.3 is 11.1 Å². The van der Waals surface area contributed by atoms with Gasteiger partial charge in [0.05, 0.1) is 16.9 Å². The zero-order valence-corrected chi connectivity index (χ0v) is 12.4. The number of nitrogens with two attached hydrogens (primary N) is 1. The molecule has 0 saturated carbocycles. The molecule has 0 aromatic heterocycles. The van der Waals surface area contributed by atoms with E-state index in [-0.39, 0.29) is 5.91 Å². The zero-order chi connectivity index (χ0) is 14.0. The summed E-state index contributed by atoms with van der Waals surface area (Å²) in [6.07, 6.45) is 0. The van der Waals surface area contributed by atoms with Crippen LogP contribution in [0.5, 0.6) is 0 Å². The number of halogens is 1. The van der Waals surface area contributed by atoms with Crippen LogP contribution in [-0.2, 0) is 0 Å². The Morgan fingerprint density at radius 1 is 1.11 bits per heavy atom. The van der Waals surface area contributed by atoms with Gasteiger partial charge in [0, 0.05) is 4.47 Å². The Balaban J connectivity index is 2.25. The predicted octanol–water partition coefficient (Wildman–Crippen LogP) is 3.90. The van der Waals surface area contributed by atoms with E-state index < -0.39 is 0 Å². The molecule has 1 amide bonds. The first kappa shape index (κ1) is 13.6. The molecule has 0 radical (unpaired) electrons. The number of hydrogen-bond donors (Lipinski definition) is 2. The third kappa shape index (κ3) is 3.15. The van der Waals surface area contributed by atoms with Crippen molar-refractivity contribution in [1.82, 2.24) is 0 Å². The van der Waals surface area contributed by atoms with Gasteiger partial charge in [0.25, 0.3) is 5.91 Å². The maximum Gasteiger partial charge on any atom is 0.256 e. The second-order valence-electron chi connectivity index (χ2n) is 4.53. The molecule has 0 aliphatic heterocycles. The molecule has 0 unspecified atom stereocenters. The van der Waals surface area contributed by atoms with E-state index in [0.29, 0.717) is 16.9 Å². The number of carbonyl (C=O) groups is 1. The summed E-state index contributed by atoms with van der Waals surface area (Å²) in [5.41, 5.74) is 9.82. The highest BCUT2D eigenvalue weighted by atomic mass is 79.9. The Labute approximate surface area is 121 Å². The van der Waals surface area contributed by atoms with Gasteiger partial charge in [0.1, 0.15) is 0 Å². The average molecular weight is 319 g/mol. The highest BCUT2D eigenvalue weighted by molar-refractivity contribution is 9.10. The quantitative estimate of drug-likeness (QED) is 0.825. The lowest BCUT2D eigenvalue weighted by atomic mass is 10.1. The van der Waals surface area contributed by atoms with Crippen molar-refractivity contribution in [3.63, 3.8) is 0 Å². The fourth-order valence-corrected chi connectivity index (χ4v) is 2.46. The van der Waals surface area contributed by atoms with Crippen LogP contribution >= 0.6 is 15.9 Å². The van der Waals surface area contributed by atoms with Crippen LogP contribution in [0.3, 0.4) is 0 Å². The summed E-state index contributed by atoms with van der Waals surface area (Å²) >= 11 is 3.40. The SMILES string of the molecule is Cc1ccc(NC(=O)c2ccc(C)cc2Br)c(N)c1. The number of amides is 1. The van der Waals surface area contributed by atoms with E-state index in [9.17, 15) is 4.79 Å². The molecule has 4 heteroatoms. The Kier molecular flexibility index (Phi) is 3.90. The topological polar surface area (TPSA) is 55.1 Å². The van der Waals surface area contributed by atoms with Gasteiger partial charge in [-0.3, -0.25) is 4.79 Å². The predicted molar refractivity (Wildman–Crippen MR) is 82.4 cm³/mol. The monoisotopic (exact) mass is 318 g/mol. The number of nitrogen functional groups attached to an aromatic ring is 1. The molecule has 98 valence electrons. The number of carbonyl (C=O) groups excluding carboxylic acids is 1. The fourth-order valence-electron chi connectivity index (χ4n) is 1.79. The maximum atomic E-state index is 12.2. The second-order valence-corrected chi connectivity index (χ2v) is 5.38. The third-order valence-corrected chi connectivity index (χ3v) is 3.48. The van der Waals surface area contributed by atoms with Crippen molar-refractivity contribution in [1.29, 1.82) is 0 Å². The Hall–Kier alpha value is -1.81. The van der Waals surface area contributed by atoms with Crippen LogP contribution in [0.25, 0.3) is 0 Å². The van der Waals surface area contributed by atoms with Crippen LogP contribution in [-0.4, -0.2) is 5.91 Å². The lowest BCUT2D eigenvalue weighted by Crippen LogP contribution is -2.14. The minimum atomic E-state index is -0.178. The van der Waals surface area contributed by atoms with Crippen LogP contribution < -0.4 is 11.1 Å². The fraction of sp³-hybridized carbons (Fsp3) is 0.133. The molecule has 0 aliphatic rings. The summed E-state index contributed by atoms with van der Waals surface area (Å²) in [6, 6.07) is 11.2. The molecule has 0 spiro atoms. The number of hydrogen-bond acceptors (Lipinski definition) is 2. The first-order chi connectivity index (χ1) is 8.97. The van der Waals surface area contributed by atoms with Crippen molar-refractivity contribution in [3.8, 4) is 0 Å². The first-order valence-corrected chi connectivity index (χ1v) is 6.70. The summed E-state index contributed by atoms with van der Waals surface area (Å²) in [7, 11) is 0. The van der Waals surface area contributed by atoms with Gasteiger partial charge in [0.2, 0.25) is 0 Å². The molecule has 0 fully saturated rings. The van der Waals surface area contributed by atoms with Crippen LogP contribution in [0, 0.1) is 13.8 Å². The van der Waals surface area contributed by atoms with E-state index in [0.717, 1.165) is 15.6 Å². The number of benzene rings is 2. The van der Waals surface area contributed by atoms with Crippen LogP contribution in [0.4, 0.5) is 11.4 Å². The van der Waals surface area contributed by atoms with Gasteiger partial charge in [-0.1, -0.05) is 12.1 Å². The molecule has 2 aromatic carbocycles. The summed E-state index contributed by atoms with van der Waals surface area (Å²) in [5.74, 6) is -0.178. The Morgan fingerprint density at radius 2 is 1.74 bits per heavy atom. The second kappa shape index (κ2) is 5.45. The molecule has 0 atom stereocenters. The minimum absolute atomic E-state index is 0.178. The normalized spacial score (nSPS) is 10.3. The highest BCUT2D eigenvalue weighted by Crippen LogP contribution is 2.23. The number of rotatable bonds is 2. The molecule has 0 bridgehead atoms. The zero-order valence-electron chi connectivity index (χ0n) is 10.8.